The van der Waals surface area contributed by atoms with Crippen molar-refractivity contribution in [3.8, 4) is 0 Å². The third-order valence-corrected chi connectivity index (χ3v) is 8.25. The van der Waals surface area contributed by atoms with Crippen molar-refractivity contribution in [2.45, 2.75) is 36.2 Å². The molecule has 31 heavy (non-hydrogen) atoms. The summed E-state index contributed by atoms with van der Waals surface area (Å²) in [5.74, 6) is 0. The van der Waals surface area contributed by atoms with E-state index in [1.807, 2.05) is 42.5 Å². The Labute approximate surface area is 183 Å². The van der Waals surface area contributed by atoms with Crippen molar-refractivity contribution in [3.05, 3.63) is 94.5 Å². The first-order valence-corrected chi connectivity index (χ1v) is 11.9. The first-order valence-electron chi connectivity index (χ1n) is 10.3. The number of hydrogen-bond donors (Lipinski definition) is 5. The Morgan fingerprint density at radius 2 is 1.77 bits per heavy atom. The topological polar surface area (TPSA) is 93.6 Å². The SMILES string of the molecule is O=C(NCc1ccccc1)Nc1ccc2c(c1)CC(c1ccc3c(c1)CNC3)S2(O)O. The van der Waals surface area contributed by atoms with Gasteiger partial charge in [-0.3, -0.25) is 9.11 Å². The van der Waals surface area contributed by atoms with Crippen LogP contribution in [0.5, 0.6) is 0 Å². The quantitative estimate of drug-likeness (QED) is 0.398. The zero-order chi connectivity index (χ0) is 21.4. The molecule has 0 fully saturated rings. The Kier molecular flexibility index (Phi) is 5.19. The highest BCUT2D eigenvalue weighted by atomic mass is 32.3. The number of fused-ring (bicyclic) bond motifs is 2. The van der Waals surface area contributed by atoms with Gasteiger partial charge in [0.2, 0.25) is 0 Å². The molecule has 0 spiro atoms. The molecule has 0 saturated carbocycles. The molecule has 7 heteroatoms. The van der Waals surface area contributed by atoms with Gasteiger partial charge in [0.15, 0.2) is 0 Å². The van der Waals surface area contributed by atoms with Gasteiger partial charge in [-0.25, -0.2) is 4.79 Å². The molecule has 0 aliphatic carbocycles. The smallest absolute Gasteiger partial charge is 0.319 e. The van der Waals surface area contributed by atoms with E-state index in [0.29, 0.717) is 23.5 Å². The fraction of sp³-hybridized carbons (Fsp3) is 0.208. The second-order valence-electron chi connectivity index (χ2n) is 8.03. The van der Waals surface area contributed by atoms with E-state index in [1.165, 1.54) is 11.1 Å². The van der Waals surface area contributed by atoms with Crippen molar-refractivity contribution in [1.29, 1.82) is 0 Å². The van der Waals surface area contributed by atoms with Gasteiger partial charge in [-0.2, -0.15) is 10.6 Å². The Bertz CT molecular complexity index is 1130. The van der Waals surface area contributed by atoms with Crippen LogP contribution in [0.4, 0.5) is 10.5 Å². The summed E-state index contributed by atoms with van der Waals surface area (Å²) in [5, 5.41) is 8.65. The van der Waals surface area contributed by atoms with Crippen LogP contribution in [0.3, 0.4) is 0 Å². The Morgan fingerprint density at radius 3 is 2.61 bits per heavy atom. The van der Waals surface area contributed by atoms with Crippen LogP contribution in [-0.4, -0.2) is 15.1 Å². The van der Waals surface area contributed by atoms with Crippen LogP contribution in [0.15, 0.2) is 71.6 Å². The molecule has 2 heterocycles. The molecule has 5 N–H and O–H groups in total. The summed E-state index contributed by atoms with van der Waals surface area (Å²) in [7, 11) is -2.96. The lowest BCUT2D eigenvalue weighted by atomic mass is 10.00. The standard InChI is InChI=1S/C24H25N3O3S/c28-24(26-13-16-4-2-1-3-5-16)27-21-8-9-22-19(11-21)12-23(31(22,29)30)17-6-7-18-14-25-15-20(18)10-17/h1-11,23,25,29-30H,12-15H2,(H2,26,27,28). The Balaban J connectivity index is 1.30. The van der Waals surface area contributed by atoms with Gasteiger partial charge in [0.05, 0.1) is 10.1 Å². The minimum absolute atomic E-state index is 0.295. The summed E-state index contributed by atoms with van der Waals surface area (Å²) in [6.07, 6.45) is 0.533. The molecule has 1 unspecified atom stereocenters. The van der Waals surface area contributed by atoms with Gasteiger partial charge in [0.1, 0.15) is 0 Å². The van der Waals surface area contributed by atoms with Crippen molar-refractivity contribution < 1.29 is 13.9 Å². The van der Waals surface area contributed by atoms with Crippen LogP contribution < -0.4 is 16.0 Å². The average molecular weight is 436 g/mol. The fourth-order valence-electron chi connectivity index (χ4n) is 4.36. The van der Waals surface area contributed by atoms with Crippen molar-refractivity contribution in [2.75, 3.05) is 5.32 Å². The van der Waals surface area contributed by atoms with E-state index in [2.05, 4.69) is 28.1 Å². The molecule has 0 aromatic heterocycles. The highest BCUT2D eigenvalue weighted by Crippen LogP contribution is 2.67. The van der Waals surface area contributed by atoms with Gasteiger partial charge >= 0.3 is 6.03 Å². The molecule has 0 bridgehead atoms. The summed E-state index contributed by atoms with van der Waals surface area (Å²) in [4.78, 5) is 12.9. The zero-order valence-electron chi connectivity index (χ0n) is 17.0. The van der Waals surface area contributed by atoms with Crippen molar-refractivity contribution in [2.24, 2.45) is 0 Å². The predicted molar refractivity (Wildman–Crippen MR) is 123 cm³/mol. The molecule has 2 aliphatic heterocycles. The first kappa shape index (κ1) is 20.1. The monoisotopic (exact) mass is 435 g/mol. The number of urea groups is 1. The molecule has 2 amide bonds. The van der Waals surface area contributed by atoms with Crippen LogP contribution in [0.1, 0.15) is 33.1 Å². The lowest BCUT2D eigenvalue weighted by Gasteiger charge is -2.35. The molecular formula is C24H25N3O3S. The summed E-state index contributed by atoms with van der Waals surface area (Å²) in [6.45, 7) is 2.11. The predicted octanol–water partition coefficient (Wildman–Crippen LogP) is 5.02. The third-order valence-electron chi connectivity index (χ3n) is 5.97. The zero-order valence-corrected chi connectivity index (χ0v) is 17.8. The van der Waals surface area contributed by atoms with Gasteiger partial charge in [0, 0.05) is 25.3 Å². The van der Waals surface area contributed by atoms with Crippen molar-refractivity contribution in [3.63, 3.8) is 0 Å². The van der Waals surface area contributed by atoms with Crippen molar-refractivity contribution >= 4 is 22.3 Å². The van der Waals surface area contributed by atoms with E-state index in [9.17, 15) is 13.9 Å². The van der Waals surface area contributed by atoms with Crippen LogP contribution in [-0.2, 0) is 26.1 Å². The average Bonchev–Trinajstić information content (AvgIpc) is 3.34. The third kappa shape index (κ3) is 3.93. The number of anilines is 1. The van der Waals surface area contributed by atoms with E-state index in [4.69, 9.17) is 0 Å². The van der Waals surface area contributed by atoms with Crippen LogP contribution in [0, 0.1) is 0 Å². The number of benzene rings is 3. The molecule has 5 rings (SSSR count). The van der Waals surface area contributed by atoms with Crippen LogP contribution >= 0.6 is 10.6 Å². The van der Waals surface area contributed by atoms with Gasteiger partial charge in [-0.1, -0.05) is 48.5 Å². The number of nitrogens with one attached hydrogen (secondary N) is 3. The molecule has 0 saturated heterocycles. The molecule has 160 valence electrons. The maximum absolute atomic E-state index is 12.3. The number of rotatable bonds is 4. The Morgan fingerprint density at radius 1 is 0.968 bits per heavy atom. The van der Waals surface area contributed by atoms with Crippen molar-refractivity contribution in [1.82, 2.24) is 10.6 Å². The maximum Gasteiger partial charge on any atom is 0.319 e. The second kappa shape index (κ2) is 8.01. The van der Waals surface area contributed by atoms with E-state index in [0.717, 1.165) is 29.8 Å². The number of amides is 2. The van der Waals surface area contributed by atoms with Gasteiger partial charge < -0.3 is 16.0 Å². The molecule has 6 nitrogen and oxygen atoms in total. The van der Waals surface area contributed by atoms with E-state index in [-0.39, 0.29) is 11.3 Å². The van der Waals surface area contributed by atoms with E-state index in [1.54, 1.807) is 12.1 Å². The van der Waals surface area contributed by atoms with E-state index >= 15 is 0 Å². The van der Waals surface area contributed by atoms with Gasteiger partial charge in [-0.15, -0.1) is 0 Å². The largest absolute Gasteiger partial charge is 0.334 e. The summed E-state index contributed by atoms with van der Waals surface area (Å²) in [6, 6.07) is 20.9. The normalized spacial score (nSPS) is 19.4. The molecule has 0 radical (unpaired) electrons. The number of carbonyl (C=O) groups excluding carboxylic acids is 1. The highest BCUT2D eigenvalue weighted by molar-refractivity contribution is 8.24. The molecular weight excluding hydrogens is 410 g/mol. The highest BCUT2D eigenvalue weighted by Gasteiger charge is 2.38. The molecule has 2 aliphatic rings. The van der Waals surface area contributed by atoms with E-state index < -0.39 is 10.6 Å². The lowest BCUT2D eigenvalue weighted by molar-refractivity contribution is 0.251. The minimum atomic E-state index is -2.96. The minimum Gasteiger partial charge on any atom is -0.334 e. The molecule has 1 atom stereocenters. The number of carbonyl (C=O) groups is 1. The molecule has 3 aromatic carbocycles. The first-order chi connectivity index (χ1) is 15.0. The maximum atomic E-state index is 12.3. The van der Waals surface area contributed by atoms with Crippen LogP contribution in [0.25, 0.3) is 0 Å². The Hall–Kier alpha value is -2.84. The lowest BCUT2D eigenvalue weighted by Crippen LogP contribution is -2.28. The second-order valence-corrected chi connectivity index (χ2v) is 10.2. The number of hydrogen-bond acceptors (Lipinski definition) is 4. The fourth-order valence-corrected chi connectivity index (χ4v) is 6.40. The van der Waals surface area contributed by atoms with Gasteiger partial charge in [0.25, 0.3) is 0 Å². The molecule has 3 aromatic rings. The van der Waals surface area contributed by atoms with Crippen LogP contribution in [0.2, 0.25) is 0 Å². The summed E-state index contributed by atoms with van der Waals surface area (Å²) < 4.78 is 22.0. The van der Waals surface area contributed by atoms with Gasteiger partial charge in [-0.05, 0) is 52.4 Å². The summed E-state index contributed by atoms with van der Waals surface area (Å²) in [5.41, 5.74) is 5.97. The summed E-state index contributed by atoms with van der Waals surface area (Å²) >= 11 is 0.